The van der Waals surface area contributed by atoms with E-state index >= 15 is 0 Å². The quantitative estimate of drug-likeness (QED) is 0.682. The molecule has 3 heterocycles. The number of aromatic nitrogens is 1. The summed E-state index contributed by atoms with van der Waals surface area (Å²) in [5.41, 5.74) is 0.275. The maximum atomic E-state index is 11.8. The number of hydrogen-bond acceptors (Lipinski definition) is 5. The van der Waals surface area contributed by atoms with Crippen LogP contribution >= 0.6 is 0 Å². The van der Waals surface area contributed by atoms with E-state index in [2.05, 4.69) is 10.3 Å². The van der Waals surface area contributed by atoms with Gasteiger partial charge >= 0.3 is 0 Å². The van der Waals surface area contributed by atoms with Gasteiger partial charge in [-0.05, 0) is 24.3 Å². The van der Waals surface area contributed by atoms with Crippen molar-refractivity contribution in [2.45, 2.75) is 5.54 Å². The molecule has 1 aliphatic rings. The van der Waals surface area contributed by atoms with Crippen molar-refractivity contribution < 1.29 is 13.9 Å². The molecule has 1 aromatic carbocycles. The SMILES string of the molecule is O=CN1CCNCC1(COc1cccnc1)c1ccc(-c2ccccc2)o1. The molecule has 1 fully saturated rings. The van der Waals surface area contributed by atoms with Gasteiger partial charge in [0.25, 0.3) is 0 Å². The standard InChI is InChI=1S/C21H21N3O3/c25-16-24-12-11-23-14-21(24,15-26-18-7-4-10-22-13-18)20-9-8-19(27-20)17-5-2-1-3-6-17/h1-10,13,16,23H,11-12,14-15H2. The van der Waals surface area contributed by atoms with E-state index in [-0.39, 0.29) is 6.61 Å². The minimum absolute atomic E-state index is 0.270. The number of nitrogens with zero attached hydrogens (tertiary/aromatic N) is 2. The number of furan rings is 1. The predicted molar refractivity (Wildman–Crippen MR) is 101 cm³/mol. The number of benzene rings is 1. The number of rotatable bonds is 6. The Hall–Kier alpha value is -3.12. The number of ether oxygens (including phenoxy) is 1. The number of carbonyl (C=O) groups excluding carboxylic acids is 1. The first kappa shape index (κ1) is 17.3. The lowest BCUT2D eigenvalue weighted by molar-refractivity contribution is -0.128. The van der Waals surface area contributed by atoms with Crippen LogP contribution in [0.15, 0.2) is 71.4 Å². The summed E-state index contributed by atoms with van der Waals surface area (Å²) in [6, 6.07) is 17.4. The van der Waals surface area contributed by atoms with Gasteiger partial charge in [0.05, 0.1) is 6.20 Å². The van der Waals surface area contributed by atoms with Crippen LogP contribution in [0.2, 0.25) is 0 Å². The number of pyridine rings is 1. The van der Waals surface area contributed by atoms with Crippen molar-refractivity contribution in [3.8, 4) is 17.1 Å². The molecule has 1 saturated heterocycles. The molecule has 4 rings (SSSR count). The monoisotopic (exact) mass is 363 g/mol. The lowest BCUT2D eigenvalue weighted by Gasteiger charge is -2.43. The summed E-state index contributed by atoms with van der Waals surface area (Å²) in [6.07, 6.45) is 4.23. The second kappa shape index (κ2) is 7.63. The summed E-state index contributed by atoms with van der Waals surface area (Å²) in [7, 11) is 0. The fourth-order valence-corrected chi connectivity index (χ4v) is 3.38. The van der Waals surface area contributed by atoms with Crippen molar-refractivity contribution in [1.82, 2.24) is 15.2 Å². The van der Waals surface area contributed by atoms with Gasteiger partial charge in [-0.25, -0.2) is 0 Å². The zero-order valence-electron chi connectivity index (χ0n) is 14.9. The first-order chi connectivity index (χ1) is 13.3. The van der Waals surface area contributed by atoms with Crippen LogP contribution in [0.3, 0.4) is 0 Å². The molecule has 27 heavy (non-hydrogen) atoms. The molecule has 6 heteroatoms. The Kier molecular flexibility index (Phi) is 4.89. The molecule has 0 aliphatic carbocycles. The van der Waals surface area contributed by atoms with Gasteiger partial charge in [0.2, 0.25) is 6.41 Å². The maximum Gasteiger partial charge on any atom is 0.210 e. The Morgan fingerprint density at radius 2 is 2.07 bits per heavy atom. The first-order valence-corrected chi connectivity index (χ1v) is 8.93. The summed E-state index contributed by atoms with van der Waals surface area (Å²) in [5.74, 6) is 2.12. The largest absolute Gasteiger partial charge is 0.489 e. The average Bonchev–Trinajstić information content (AvgIpc) is 3.25. The van der Waals surface area contributed by atoms with E-state index in [0.717, 1.165) is 24.3 Å². The van der Waals surface area contributed by atoms with E-state index in [4.69, 9.17) is 9.15 Å². The third-order valence-electron chi connectivity index (χ3n) is 4.86. The van der Waals surface area contributed by atoms with E-state index in [0.29, 0.717) is 24.6 Å². The molecule has 6 nitrogen and oxygen atoms in total. The molecule has 1 aliphatic heterocycles. The minimum atomic E-state index is -0.719. The lowest BCUT2D eigenvalue weighted by Crippen LogP contribution is -2.61. The lowest BCUT2D eigenvalue weighted by atomic mass is 9.93. The van der Waals surface area contributed by atoms with E-state index < -0.39 is 5.54 Å². The van der Waals surface area contributed by atoms with Crippen LogP contribution in [-0.4, -0.2) is 42.5 Å². The van der Waals surface area contributed by atoms with Crippen molar-refractivity contribution in [2.75, 3.05) is 26.2 Å². The normalized spacial score (nSPS) is 19.6. The summed E-state index contributed by atoms with van der Waals surface area (Å²) in [6.45, 7) is 2.14. The molecule has 0 spiro atoms. The number of carbonyl (C=O) groups is 1. The third kappa shape index (κ3) is 3.44. The Bertz CT molecular complexity index is 882. The highest BCUT2D eigenvalue weighted by Crippen LogP contribution is 2.34. The third-order valence-corrected chi connectivity index (χ3v) is 4.86. The van der Waals surface area contributed by atoms with Gasteiger partial charge in [-0.1, -0.05) is 30.3 Å². The topological polar surface area (TPSA) is 67.6 Å². The molecular formula is C21H21N3O3. The average molecular weight is 363 g/mol. The van der Waals surface area contributed by atoms with Gasteiger partial charge < -0.3 is 19.4 Å². The molecule has 0 saturated carbocycles. The smallest absolute Gasteiger partial charge is 0.210 e. The van der Waals surface area contributed by atoms with Gasteiger partial charge in [0, 0.05) is 31.4 Å². The van der Waals surface area contributed by atoms with Crippen LogP contribution in [0.25, 0.3) is 11.3 Å². The first-order valence-electron chi connectivity index (χ1n) is 8.93. The fourth-order valence-electron chi connectivity index (χ4n) is 3.38. The van der Waals surface area contributed by atoms with Crippen molar-refractivity contribution in [3.05, 3.63) is 72.8 Å². The zero-order chi connectivity index (χ0) is 18.5. The van der Waals surface area contributed by atoms with E-state index in [1.807, 2.05) is 54.6 Å². The zero-order valence-corrected chi connectivity index (χ0v) is 14.9. The molecule has 0 radical (unpaired) electrons. The van der Waals surface area contributed by atoms with Crippen LogP contribution in [0.5, 0.6) is 5.75 Å². The van der Waals surface area contributed by atoms with Gasteiger partial charge in [0.15, 0.2) is 0 Å². The Balaban J connectivity index is 1.67. The molecular weight excluding hydrogens is 342 g/mol. The minimum Gasteiger partial charge on any atom is -0.489 e. The van der Waals surface area contributed by atoms with Crippen molar-refractivity contribution in [1.29, 1.82) is 0 Å². The summed E-state index contributed by atoms with van der Waals surface area (Å²) < 4.78 is 12.2. The second-order valence-electron chi connectivity index (χ2n) is 6.51. The molecule has 2 aromatic heterocycles. The number of amides is 1. The number of piperazine rings is 1. The molecule has 3 aromatic rings. The van der Waals surface area contributed by atoms with Gasteiger partial charge in [0.1, 0.15) is 29.4 Å². The molecule has 138 valence electrons. The van der Waals surface area contributed by atoms with Gasteiger partial charge in [-0.15, -0.1) is 0 Å². The number of hydrogen-bond donors (Lipinski definition) is 1. The molecule has 1 atom stereocenters. The molecule has 1 unspecified atom stereocenters. The molecule has 0 bridgehead atoms. The number of nitrogens with one attached hydrogen (secondary N) is 1. The van der Waals surface area contributed by atoms with Crippen LogP contribution in [-0.2, 0) is 10.3 Å². The second-order valence-corrected chi connectivity index (χ2v) is 6.51. The van der Waals surface area contributed by atoms with E-state index in [1.54, 1.807) is 17.3 Å². The Labute approximate surface area is 157 Å². The van der Waals surface area contributed by atoms with E-state index in [1.165, 1.54) is 0 Å². The fraction of sp³-hybridized carbons (Fsp3) is 0.238. The highest BCUT2D eigenvalue weighted by molar-refractivity contribution is 5.58. The summed E-state index contributed by atoms with van der Waals surface area (Å²) >= 11 is 0. The maximum absolute atomic E-state index is 11.8. The van der Waals surface area contributed by atoms with Crippen LogP contribution in [0.1, 0.15) is 5.76 Å². The summed E-state index contributed by atoms with van der Waals surface area (Å²) in [4.78, 5) is 17.7. The van der Waals surface area contributed by atoms with Crippen molar-refractivity contribution in [3.63, 3.8) is 0 Å². The summed E-state index contributed by atoms with van der Waals surface area (Å²) in [5, 5.41) is 3.37. The Morgan fingerprint density at radius 1 is 1.19 bits per heavy atom. The van der Waals surface area contributed by atoms with Gasteiger partial charge in [-0.3, -0.25) is 9.78 Å². The molecule has 1 amide bonds. The highest BCUT2D eigenvalue weighted by atomic mass is 16.5. The van der Waals surface area contributed by atoms with E-state index in [9.17, 15) is 4.79 Å². The van der Waals surface area contributed by atoms with Crippen LogP contribution < -0.4 is 10.1 Å². The predicted octanol–water partition coefficient (Wildman–Crippen LogP) is 2.68. The van der Waals surface area contributed by atoms with Crippen LogP contribution in [0.4, 0.5) is 0 Å². The highest BCUT2D eigenvalue weighted by Gasteiger charge is 2.44. The van der Waals surface area contributed by atoms with Crippen molar-refractivity contribution >= 4 is 6.41 Å². The Morgan fingerprint density at radius 3 is 2.85 bits per heavy atom. The van der Waals surface area contributed by atoms with Gasteiger partial charge in [-0.2, -0.15) is 0 Å². The van der Waals surface area contributed by atoms with Crippen LogP contribution in [0, 0.1) is 0 Å². The molecule has 1 N–H and O–H groups in total. The van der Waals surface area contributed by atoms with Crippen molar-refractivity contribution in [2.24, 2.45) is 0 Å².